The van der Waals surface area contributed by atoms with Crippen LogP contribution in [0, 0.1) is 0 Å². The molecular weight excluding hydrogens is 414 g/mol. The van der Waals surface area contributed by atoms with Gasteiger partial charge in [-0.3, -0.25) is 9.59 Å². The number of rotatable bonds is 11. The lowest BCUT2D eigenvalue weighted by Crippen LogP contribution is -2.29. The number of unbranched alkanes of at least 4 members (excludes halogenated alkanes) is 2. The molecular formula is C24H28ClN3O3. The molecule has 0 aliphatic rings. The molecule has 0 saturated carbocycles. The van der Waals surface area contributed by atoms with Crippen LogP contribution in [0.3, 0.4) is 0 Å². The van der Waals surface area contributed by atoms with Crippen molar-refractivity contribution in [3.63, 3.8) is 0 Å². The molecule has 1 atom stereocenters. The maximum Gasteiger partial charge on any atom is 0.257 e. The lowest BCUT2D eigenvalue weighted by molar-refractivity contribution is -0.123. The zero-order valence-electron chi connectivity index (χ0n) is 17.9. The molecule has 1 aromatic heterocycles. The number of benzene rings is 2. The van der Waals surface area contributed by atoms with Crippen LogP contribution in [0.15, 0.2) is 48.5 Å². The summed E-state index contributed by atoms with van der Waals surface area (Å²) in [6, 6.07) is 14.6. The predicted molar refractivity (Wildman–Crippen MR) is 123 cm³/mol. The van der Waals surface area contributed by atoms with Crippen LogP contribution < -0.4 is 10.1 Å². The van der Waals surface area contributed by atoms with E-state index < -0.39 is 0 Å². The number of amides is 1. The van der Waals surface area contributed by atoms with Gasteiger partial charge in [-0.05, 0) is 63.1 Å². The number of hydrogen-bond acceptors (Lipinski definition) is 4. The van der Waals surface area contributed by atoms with E-state index in [4.69, 9.17) is 21.3 Å². The minimum Gasteiger partial charge on any atom is -0.484 e. The first kappa shape index (κ1) is 22.8. The normalized spacial score (nSPS) is 12.0. The summed E-state index contributed by atoms with van der Waals surface area (Å²) in [5.41, 5.74) is 1.91. The number of nitrogens with zero attached hydrogens (tertiary/aromatic N) is 2. The molecule has 0 aliphatic carbocycles. The average molecular weight is 442 g/mol. The summed E-state index contributed by atoms with van der Waals surface area (Å²) in [5.74, 6) is 1.52. The van der Waals surface area contributed by atoms with Crippen LogP contribution in [0.25, 0.3) is 11.0 Å². The summed E-state index contributed by atoms with van der Waals surface area (Å²) in [4.78, 5) is 28.6. The maximum absolute atomic E-state index is 12.0. The molecule has 164 valence electrons. The average Bonchev–Trinajstić information content (AvgIpc) is 3.13. The van der Waals surface area contributed by atoms with E-state index in [1.54, 1.807) is 31.2 Å². The lowest BCUT2D eigenvalue weighted by atomic mass is 10.1. The van der Waals surface area contributed by atoms with E-state index in [-0.39, 0.29) is 24.3 Å². The molecule has 3 aromatic rings. The van der Waals surface area contributed by atoms with Gasteiger partial charge in [0.1, 0.15) is 11.6 Å². The molecule has 0 aliphatic heterocycles. The summed E-state index contributed by atoms with van der Waals surface area (Å²) in [7, 11) is 0. The van der Waals surface area contributed by atoms with Crippen molar-refractivity contribution in [3.05, 3.63) is 59.4 Å². The van der Waals surface area contributed by atoms with E-state index in [0.717, 1.165) is 42.5 Å². The molecule has 0 saturated heterocycles. The predicted octanol–water partition coefficient (Wildman–Crippen LogP) is 4.75. The first-order valence-electron chi connectivity index (χ1n) is 10.6. The Morgan fingerprint density at radius 2 is 1.84 bits per heavy atom. The summed E-state index contributed by atoms with van der Waals surface area (Å²) in [6.45, 7) is 4.11. The van der Waals surface area contributed by atoms with Crippen LogP contribution in [0.5, 0.6) is 5.75 Å². The minimum absolute atomic E-state index is 0.0193. The largest absolute Gasteiger partial charge is 0.484 e. The van der Waals surface area contributed by atoms with E-state index in [1.165, 1.54) is 0 Å². The van der Waals surface area contributed by atoms with Gasteiger partial charge in [0.25, 0.3) is 5.91 Å². The van der Waals surface area contributed by atoms with E-state index >= 15 is 0 Å². The highest BCUT2D eigenvalue weighted by Crippen LogP contribution is 2.23. The van der Waals surface area contributed by atoms with Gasteiger partial charge in [0, 0.05) is 18.0 Å². The number of fused-ring (bicyclic) bond motifs is 1. The number of ketones is 1. The molecule has 0 fully saturated rings. The Bertz CT molecular complexity index is 1030. The molecule has 3 rings (SSSR count). The van der Waals surface area contributed by atoms with Crippen LogP contribution in [0.2, 0.25) is 5.02 Å². The summed E-state index contributed by atoms with van der Waals surface area (Å²) >= 11 is 5.83. The SMILES string of the molecule is CC(=O)C(C)n1c(CCCCCNC(=O)COc2ccc(Cl)cc2)nc2ccccc21. The number of aromatic nitrogens is 2. The summed E-state index contributed by atoms with van der Waals surface area (Å²) < 4.78 is 7.48. The highest BCUT2D eigenvalue weighted by atomic mass is 35.5. The number of carbonyl (C=O) groups is 2. The zero-order chi connectivity index (χ0) is 22.2. The lowest BCUT2D eigenvalue weighted by Gasteiger charge is -2.15. The highest BCUT2D eigenvalue weighted by Gasteiger charge is 2.18. The van der Waals surface area contributed by atoms with Crippen LogP contribution in [-0.4, -0.2) is 34.4 Å². The topological polar surface area (TPSA) is 73.2 Å². The summed E-state index contributed by atoms with van der Waals surface area (Å²) in [5, 5.41) is 3.50. The smallest absolute Gasteiger partial charge is 0.257 e. The number of carbonyl (C=O) groups excluding carboxylic acids is 2. The molecule has 1 N–H and O–H groups in total. The quantitative estimate of drug-likeness (QED) is 0.436. The molecule has 1 unspecified atom stereocenters. The Balaban J connectivity index is 1.41. The number of halogens is 1. The van der Waals surface area contributed by atoms with Crippen molar-refractivity contribution in [3.8, 4) is 5.75 Å². The number of aryl methyl sites for hydroxylation is 1. The van der Waals surface area contributed by atoms with Gasteiger partial charge in [0.2, 0.25) is 0 Å². The number of Topliss-reactive ketones (excluding diaryl/α,β-unsaturated/α-hetero) is 1. The number of hydrogen-bond donors (Lipinski definition) is 1. The zero-order valence-corrected chi connectivity index (χ0v) is 18.7. The number of para-hydroxylation sites is 2. The van der Waals surface area contributed by atoms with Crippen molar-refractivity contribution in [2.75, 3.05) is 13.2 Å². The van der Waals surface area contributed by atoms with Crippen LogP contribution >= 0.6 is 11.6 Å². The third-order valence-corrected chi connectivity index (χ3v) is 5.48. The van der Waals surface area contributed by atoms with Gasteiger partial charge in [-0.1, -0.05) is 30.2 Å². The molecule has 6 nitrogen and oxygen atoms in total. The van der Waals surface area contributed by atoms with Gasteiger partial charge in [-0.2, -0.15) is 0 Å². The van der Waals surface area contributed by atoms with Gasteiger partial charge in [0.15, 0.2) is 12.4 Å². The second-order valence-corrected chi connectivity index (χ2v) is 8.01. The Labute approximate surface area is 187 Å². The maximum atomic E-state index is 12.0. The van der Waals surface area contributed by atoms with Gasteiger partial charge in [-0.15, -0.1) is 0 Å². The molecule has 7 heteroatoms. The van der Waals surface area contributed by atoms with Crippen LogP contribution in [0.4, 0.5) is 0 Å². The Hall–Kier alpha value is -2.86. The van der Waals surface area contributed by atoms with E-state index in [2.05, 4.69) is 5.32 Å². The Morgan fingerprint density at radius 1 is 1.10 bits per heavy atom. The van der Waals surface area contributed by atoms with Crippen molar-refractivity contribution in [2.45, 2.75) is 45.6 Å². The van der Waals surface area contributed by atoms with Crippen molar-refractivity contribution in [2.24, 2.45) is 0 Å². The molecule has 0 bridgehead atoms. The third-order valence-electron chi connectivity index (χ3n) is 5.23. The number of ether oxygens (including phenoxy) is 1. The van der Waals surface area contributed by atoms with Gasteiger partial charge < -0.3 is 14.6 Å². The molecule has 2 aromatic carbocycles. The van der Waals surface area contributed by atoms with Gasteiger partial charge >= 0.3 is 0 Å². The first-order valence-corrected chi connectivity index (χ1v) is 10.9. The Morgan fingerprint density at radius 3 is 2.58 bits per heavy atom. The first-order chi connectivity index (χ1) is 15.0. The van der Waals surface area contributed by atoms with Crippen molar-refractivity contribution < 1.29 is 14.3 Å². The second kappa shape index (κ2) is 11.0. The fourth-order valence-electron chi connectivity index (χ4n) is 3.43. The minimum atomic E-state index is -0.234. The fraction of sp³-hybridized carbons (Fsp3) is 0.375. The van der Waals surface area contributed by atoms with Crippen molar-refractivity contribution in [1.82, 2.24) is 14.9 Å². The molecule has 31 heavy (non-hydrogen) atoms. The third kappa shape index (κ3) is 6.31. The molecule has 0 radical (unpaired) electrons. The second-order valence-electron chi connectivity index (χ2n) is 7.58. The molecule has 0 spiro atoms. The Kier molecular flexibility index (Phi) is 8.06. The van der Waals surface area contributed by atoms with Gasteiger partial charge in [-0.25, -0.2) is 4.98 Å². The molecule has 1 amide bonds. The van der Waals surface area contributed by atoms with Gasteiger partial charge in [0.05, 0.1) is 17.1 Å². The van der Waals surface area contributed by atoms with E-state index in [1.807, 2.05) is 35.8 Å². The monoisotopic (exact) mass is 441 g/mol. The van der Waals surface area contributed by atoms with Crippen LogP contribution in [0.1, 0.15) is 45.0 Å². The standard InChI is InChI=1S/C24H28ClN3O3/c1-17(18(2)29)28-22-9-6-5-8-21(22)27-23(28)10-4-3-7-15-26-24(30)16-31-20-13-11-19(25)12-14-20/h5-6,8-9,11-14,17H,3-4,7,10,15-16H2,1-2H3,(H,26,30). The van der Waals surface area contributed by atoms with Crippen LogP contribution in [-0.2, 0) is 16.0 Å². The molecule has 1 heterocycles. The number of imidazole rings is 1. The van der Waals surface area contributed by atoms with E-state index in [9.17, 15) is 9.59 Å². The van der Waals surface area contributed by atoms with Crippen molar-refractivity contribution in [1.29, 1.82) is 0 Å². The summed E-state index contributed by atoms with van der Waals surface area (Å²) in [6.07, 6.45) is 3.55. The fourth-order valence-corrected chi connectivity index (χ4v) is 3.55. The number of nitrogens with one attached hydrogen (secondary N) is 1. The van der Waals surface area contributed by atoms with Crippen molar-refractivity contribution >= 4 is 34.3 Å². The highest BCUT2D eigenvalue weighted by molar-refractivity contribution is 6.30. The van der Waals surface area contributed by atoms with E-state index in [0.29, 0.717) is 17.3 Å².